The van der Waals surface area contributed by atoms with E-state index in [1.807, 2.05) is 0 Å². The molecule has 0 saturated carbocycles. The Morgan fingerprint density at radius 1 is 1.45 bits per heavy atom. The minimum Gasteiger partial charge on any atom is -0.481 e. The molecule has 0 bridgehead atoms. The smallest absolute Gasteiger partial charge is 0.303 e. The van der Waals surface area contributed by atoms with Crippen molar-refractivity contribution in [1.82, 2.24) is 4.90 Å². The fourth-order valence-corrected chi connectivity index (χ4v) is 4.26. The first-order valence-electron chi connectivity index (χ1n) is 7.15. The maximum absolute atomic E-state index is 12.3. The fraction of sp³-hybridized carbons (Fsp3) is 0.600. The molecule has 1 atom stereocenters. The number of aliphatic carboxylic acids is 1. The Balaban J connectivity index is 1.63. The van der Waals surface area contributed by atoms with Crippen molar-refractivity contribution < 1.29 is 14.7 Å². The normalized spacial score (nSPS) is 22.2. The van der Waals surface area contributed by atoms with E-state index in [2.05, 4.69) is 13.0 Å². The lowest BCUT2D eigenvalue weighted by Crippen LogP contribution is -2.50. The largest absolute Gasteiger partial charge is 0.481 e. The fourth-order valence-electron chi connectivity index (χ4n) is 3.08. The molecule has 20 heavy (non-hydrogen) atoms. The van der Waals surface area contributed by atoms with E-state index in [0.29, 0.717) is 19.0 Å². The van der Waals surface area contributed by atoms with Gasteiger partial charge in [-0.05, 0) is 36.8 Å². The molecule has 1 aromatic heterocycles. The highest BCUT2D eigenvalue weighted by molar-refractivity contribution is 7.14. The van der Waals surface area contributed by atoms with Crippen LogP contribution in [-0.2, 0) is 17.6 Å². The van der Waals surface area contributed by atoms with Crippen LogP contribution in [0.5, 0.6) is 0 Å². The molecule has 1 fully saturated rings. The lowest BCUT2D eigenvalue weighted by atomic mass is 9.90. The van der Waals surface area contributed by atoms with E-state index in [9.17, 15) is 9.59 Å². The standard InChI is InChI=1S/C15H19NO3S/c1-9-2-3-12-11(4-9)6-13(20-12)15(19)16-7-10(8-16)5-14(17)18/h6,9-10H,2-5,7-8H2,1H3,(H,17,18). The molecule has 1 aromatic rings. The average molecular weight is 293 g/mol. The van der Waals surface area contributed by atoms with Gasteiger partial charge in [-0.3, -0.25) is 9.59 Å². The number of nitrogens with zero attached hydrogens (tertiary/aromatic N) is 1. The third kappa shape index (κ3) is 2.59. The van der Waals surface area contributed by atoms with E-state index in [0.717, 1.165) is 17.7 Å². The van der Waals surface area contributed by atoms with Crippen LogP contribution in [0.15, 0.2) is 6.07 Å². The number of thiophene rings is 1. The molecule has 108 valence electrons. The third-order valence-electron chi connectivity index (χ3n) is 4.25. The first kappa shape index (κ1) is 13.6. The quantitative estimate of drug-likeness (QED) is 0.931. The molecule has 1 unspecified atom stereocenters. The topological polar surface area (TPSA) is 57.6 Å². The van der Waals surface area contributed by atoms with Gasteiger partial charge in [0.05, 0.1) is 11.3 Å². The van der Waals surface area contributed by atoms with Gasteiger partial charge in [-0.2, -0.15) is 0 Å². The summed E-state index contributed by atoms with van der Waals surface area (Å²) in [5.74, 6) is 0.149. The van der Waals surface area contributed by atoms with E-state index >= 15 is 0 Å². The van der Waals surface area contributed by atoms with Crippen molar-refractivity contribution in [3.63, 3.8) is 0 Å². The number of hydrogen-bond acceptors (Lipinski definition) is 3. The van der Waals surface area contributed by atoms with Crippen molar-refractivity contribution >= 4 is 23.2 Å². The second-order valence-electron chi connectivity index (χ2n) is 6.08. The number of carboxylic acid groups (broad SMARTS) is 1. The molecule has 2 heterocycles. The Bertz CT molecular complexity index is 545. The number of aryl methyl sites for hydroxylation is 1. The highest BCUT2D eigenvalue weighted by Crippen LogP contribution is 2.33. The van der Waals surface area contributed by atoms with Gasteiger partial charge in [0.15, 0.2) is 0 Å². The summed E-state index contributed by atoms with van der Waals surface area (Å²) in [6.07, 6.45) is 3.56. The Hall–Kier alpha value is -1.36. The molecule has 0 radical (unpaired) electrons. The van der Waals surface area contributed by atoms with Crippen molar-refractivity contribution in [2.24, 2.45) is 11.8 Å². The third-order valence-corrected chi connectivity index (χ3v) is 5.47. The minimum atomic E-state index is -0.775. The zero-order valence-electron chi connectivity index (χ0n) is 11.6. The van der Waals surface area contributed by atoms with Gasteiger partial charge in [-0.15, -0.1) is 11.3 Å². The molecular weight excluding hydrogens is 274 g/mol. The van der Waals surface area contributed by atoms with Crippen LogP contribution in [0, 0.1) is 11.8 Å². The zero-order valence-corrected chi connectivity index (χ0v) is 12.4. The van der Waals surface area contributed by atoms with Crippen LogP contribution in [0.1, 0.15) is 39.9 Å². The van der Waals surface area contributed by atoms with Crippen molar-refractivity contribution in [3.8, 4) is 0 Å². The second kappa shape index (κ2) is 5.20. The zero-order chi connectivity index (χ0) is 14.3. The van der Waals surface area contributed by atoms with E-state index in [-0.39, 0.29) is 18.2 Å². The predicted molar refractivity (Wildman–Crippen MR) is 77.2 cm³/mol. The molecule has 0 aromatic carbocycles. The maximum atomic E-state index is 12.3. The monoisotopic (exact) mass is 293 g/mol. The molecule has 1 aliphatic carbocycles. The number of carboxylic acids is 1. The maximum Gasteiger partial charge on any atom is 0.303 e. The van der Waals surface area contributed by atoms with Crippen LogP contribution in [0.4, 0.5) is 0 Å². The van der Waals surface area contributed by atoms with Crippen molar-refractivity contribution in [1.29, 1.82) is 0 Å². The molecule has 3 rings (SSSR count). The van der Waals surface area contributed by atoms with Gasteiger partial charge in [-0.25, -0.2) is 0 Å². The first-order chi connectivity index (χ1) is 9.52. The highest BCUT2D eigenvalue weighted by Gasteiger charge is 2.33. The molecule has 1 saturated heterocycles. The number of rotatable bonds is 3. The lowest BCUT2D eigenvalue weighted by molar-refractivity contribution is -0.139. The summed E-state index contributed by atoms with van der Waals surface area (Å²) in [6.45, 7) is 3.43. The summed E-state index contributed by atoms with van der Waals surface area (Å²) in [5.41, 5.74) is 1.35. The second-order valence-corrected chi connectivity index (χ2v) is 7.22. The van der Waals surface area contributed by atoms with Crippen LogP contribution in [0.2, 0.25) is 0 Å². The molecule has 2 aliphatic rings. The highest BCUT2D eigenvalue weighted by atomic mass is 32.1. The number of carbonyl (C=O) groups excluding carboxylic acids is 1. The summed E-state index contributed by atoms with van der Waals surface area (Å²) in [5, 5.41) is 8.72. The molecule has 1 aliphatic heterocycles. The Labute approximate surface area is 122 Å². The summed E-state index contributed by atoms with van der Waals surface area (Å²) in [6, 6.07) is 2.06. The van der Waals surface area contributed by atoms with E-state index < -0.39 is 5.97 Å². The van der Waals surface area contributed by atoms with Crippen molar-refractivity contribution in [2.45, 2.75) is 32.6 Å². The molecular formula is C15H19NO3S. The molecule has 0 spiro atoms. The van der Waals surface area contributed by atoms with Gasteiger partial charge in [0.2, 0.25) is 0 Å². The number of fused-ring (bicyclic) bond motifs is 1. The van der Waals surface area contributed by atoms with Gasteiger partial charge in [0.1, 0.15) is 0 Å². The van der Waals surface area contributed by atoms with E-state index in [1.165, 1.54) is 16.9 Å². The van der Waals surface area contributed by atoms with E-state index in [1.54, 1.807) is 16.2 Å². The Kier molecular flexibility index (Phi) is 3.54. The van der Waals surface area contributed by atoms with Crippen molar-refractivity contribution in [3.05, 3.63) is 21.4 Å². The summed E-state index contributed by atoms with van der Waals surface area (Å²) < 4.78 is 0. The van der Waals surface area contributed by atoms with Gasteiger partial charge in [0.25, 0.3) is 5.91 Å². The van der Waals surface area contributed by atoms with Crippen LogP contribution in [-0.4, -0.2) is 35.0 Å². The number of carbonyl (C=O) groups is 2. The van der Waals surface area contributed by atoms with Gasteiger partial charge in [-0.1, -0.05) is 6.92 Å². The van der Waals surface area contributed by atoms with Crippen LogP contribution in [0.25, 0.3) is 0 Å². The minimum absolute atomic E-state index is 0.0821. The predicted octanol–water partition coefficient (Wildman–Crippen LogP) is 2.42. The Morgan fingerprint density at radius 3 is 2.90 bits per heavy atom. The Morgan fingerprint density at radius 2 is 2.20 bits per heavy atom. The van der Waals surface area contributed by atoms with Gasteiger partial charge in [0, 0.05) is 23.9 Å². The molecule has 5 heteroatoms. The summed E-state index contributed by atoms with van der Waals surface area (Å²) >= 11 is 1.63. The first-order valence-corrected chi connectivity index (χ1v) is 7.97. The number of likely N-dealkylation sites (tertiary alicyclic amines) is 1. The molecule has 1 amide bonds. The van der Waals surface area contributed by atoms with Gasteiger partial charge < -0.3 is 10.0 Å². The summed E-state index contributed by atoms with van der Waals surface area (Å²) in [4.78, 5) is 26.9. The van der Waals surface area contributed by atoms with Gasteiger partial charge >= 0.3 is 5.97 Å². The number of hydrogen-bond donors (Lipinski definition) is 1. The van der Waals surface area contributed by atoms with Crippen LogP contribution in [0.3, 0.4) is 0 Å². The lowest BCUT2D eigenvalue weighted by Gasteiger charge is -2.38. The summed E-state index contributed by atoms with van der Waals surface area (Å²) in [7, 11) is 0. The van der Waals surface area contributed by atoms with Crippen LogP contribution >= 0.6 is 11.3 Å². The van der Waals surface area contributed by atoms with Crippen molar-refractivity contribution in [2.75, 3.05) is 13.1 Å². The molecule has 4 nitrogen and oxygen atoms in total. The van der Waals surface area contributed by atoms with Crippen LogP contribution < -0.4 is 0 Å². The average Bonchev–Trinajstić information content (AvgIpc) is 2.75. The SMILES string of the molecule is CC1CCc2sc(C(=O)N3CC(CC(=O)O)C3)cc2C1. The number of amides is 1. The molecule has 1 N–H and O–H groups in total. The van der Waals surface area contributed by atoms with E-state index in [4.69, 9.17) is 5.11 Å².